The van der Waals surface area contributed by atoms with Crippen LogP contribution in [0, 0.1) is 6.92 Å². The molecule has 1 aromatic heterocycles. The Kier molecular flexibility index (Phi) is 3.42. The van der Waals surface area contributed by atoms with Crippen LogP contribution < -0.4 is 0 Å². The van der Waals surface area contributed by atoms with Gasteiger partial charge < -0.3 is 0 Å². The summed E-state index contributed by atoms with van der Waals surface area (Å²) in [7, 11) is 1.90. The third-order valence-electron chi connectivity index (χ3n) is 2.59. The molecule has 0 aromatic carbocycles. The van der Waals surface area contributed by atoms with E-state index in [0.717, 1.165) is 22.0 Å². The standard InChI is InChI=1S/C11H14N4OS/c1-7(16)6-17-11-4-10(13-14-11)9-5-12-15(3)8(9)2/h5H,4,6H2,1-3H3. The van der Waals surface area contributed by atoms with E-state index in [1.54, 1.807) is 6.92 Å². The molecule has 0 aliphatic carbocycles. The van der Waals surface area contributed by atoms with E-state index in [2.05, 4.69) is 15.3 Å². The smallest absolute Gasteiger partial charge is 0.140 e. The molecular formula is C11H14N4OS. The quantitative estimate of drug-likeness (QED) is 0.818. The van der Waals surface area contributed by atoms with Crippen LogP contribution >= 0.6 is 11.8 Å². The summed E-state index contributed by atoms with van der Waals surface area (Å²) in [6, 6.07) is 0. The van der Waals surface area contributed by atoms with Crippen molar-refractivity contribution in [2.45, 2.75) is 20.3 Å². The van der Waals surface area contributed by atoms with Gasteiger partial charge in [0.15, 0.2) is 0 Å². The Morgan fingerprint density at radius 2 is 2.29 bits per heavy atom. The zero-order valence-electron chi connectivity index (χ0n) is 10.1. The van der Waals surface area contributed by atoms with Crippen LogP contribution in [-0.4, -0.2) is 32.1 Å². The number of nitrogens with zero attached hydrogens (tertiary/aromatic N) is 4. The number of carbonyl (C=O) groups is 1. The molecule has 0 spiro atoms. The Morgan fingerprint density at radius 1 is 1.53 bits per heavy atom. The Labute approximate surface area is 104 Å². The molecule has 90 valence electrons. The maximum Gasteiger partial charge on any atom is 0.140 e. The highest BCUT2D eigenvalue weighted by molar-refractivity contribution is 8.14. The van der Waals surface area contributed by atoms with Gasteiger partial charge in [-0.25, -0.2) is 0 Å². The number of aryl methyl sites for hydroxylation is 1. The van der Waals surface area contributed by atoms with Gasteiger partial charge in [-0.15, -0.1) is 16.9 Å². The van der Waals surface area contributed by atoms with Crippen molar-refractivity contribution in [3.63, 3.8) is 0 Å². The molecular weight excluding hydrogens is 236 g/mol. The molecule has 0 amide bonds. The summed E-state index contributed by atoms with van der Waals surface area (Å²) >= 11 is 1.46. The summed E-state index contributed by atoms with van der Waals surface area (Å²) in [5.74, 6) is 0.622. The van der Waals surface area contributed by atoms with Crippen molar-refractivity contribution in [2.75, 3.05) is 5.75 Å². The lowest BCUT2D eigenvalue weighted by Crippen LogP contribution is -2.05. The van der Waals surface area contributed by atoms with Crippen LogP contribution in [0.3, 0.4) is 0 Å². The minimum absolute atomic E-state index is 0.156. The van der Waals surface area contributed by atoms with E-state index in [4.69, 9.17) is 0 Å². The lowest BCUT2D eigenvalue weighted by molar-refractivity contribution is -0.114. The van der Waals surface area contributed by atoms with Crippen molar-refractivity contribution in [2.24, 2.45) is 17.3 Å². The van der Waals surface area contributed by atoms with Gasteiger partial charge in [0.2, 0.25) is 0 Å². The molecule has 0 fully saturated rings. The van der Waals surface area contributed by atoms with E-state index < -0.39 is 0 Å². The first-order chi connectivity index (χ1) is 8.08. The second-order valence-corrected chi connectivity index (χ2v) is 5.02. The van der Waals surface area contributed by atoms with E-state index in [9.17, 15) is 4.79 Å². The molecule has 0 N–H and O–H groups in total. The number of ketones is 1. The first-order valence-electron chi connectivity index (χ1n) is 5.32. The Balaban J connectivity index is 2.01. The van der Waals surface area contributed by atoms with Gasteiger partial charge in [0, 0.05) is 24.7 Å². The second kappa shape index (κ2) is 4.83. The van der Waals surface area contributed by atoms with E-state index in [1.807, 2.05) is 24.9 Å². The summed E-state index contributed by atoms with van der Waals surface area (Å²) < 4.78 is 1.82. The molecule has 2 rings (SSSR count). The molecule has 17 heavy (non-hydrogen) atoms. The van der Waals surface area contributed by atoms with Crippen LogP contribution in [0.25, 0.3) is 0 Å². The van der Waals surface area contributed by atoms with E-state index in [0.29, 0.717) is 12.2 Å². The van der Waals surface area contributed by atoms with Crippen molar-refractivity contribution in [3.05, 3.63) is 17.5 Å². The number of hydrogen-bond donors (Lipinski definition) is 0. The highest BCUT2D eigenvalue weighted by Crippen LogP contribution is 2.20. The zero-order chi connectivity index (χ0) is 12.4. The Morgan fingerprint density at radius 3 is 2.88 bits per heavy atom. The number of rotatable bonds is 3. The largest absolute Gasteiger partial charge is 0.299 e. The SMILES string of the molecule is CC(=O)CSC1=NN=C(c2cnn(C)c2C)C1. The number of hydrogen-bond acceptors (Lipinski definition) is 5. The maximum absolute atomic E-state index is 10.9. The molecule has 1 aliphatic rings. The predicted octanol–water partition coefficient (Wildman–Crippen LogP) is 1.56. The number of aromatic nitrogens is 2. The van der Waals surface area contributed by atoms with Crippen molar-refractivity contribution in [3.8, 4) is 0 Å². The second-order valence-electron chi connectivity index (χ2n) is 3.98. The lowest BCUT2D eigenvalue weighted by atomic mass is 10.1. The third kappa shape index (κ3) is 2.63. The predicted molar refractivity (Wildman–Crippen MR) is 69.7 cm³/mol. The van der Waals surface area contributed by atoms with Crippen LogP contribution in [0.15, 0.2) is 16.4 Å². The van der Waals surface area contributed by atoms with Gasteiger partial charge >= 0.3 is 0 Å². The molecule has 0 atom stereocenters. The maximum atomic E-state index is 10.9. The minimum atomic E-state index is 0.156. The fourth-order valence-corrected chi connectivity index (χ4v) is 2.23. The van der Waals surface area contributed by atoms with E-state index in [1.165, 1.54) is 11.8 Å². The van der Waals surface area contributed by atoms with Crippen molar-refractivity contribution < 1.29 is 4.79 Å². The van der Waals surface area contributed by atoms with Crippen molar-refractivity contribution in [1.29, 1.82) is 0 Å². The molecule has 0 saturated carbocycles. The zero-order valence-corrected chi connectivity index (χ0v) is 10.9. The number of thioether (sulfide) groups is 1. The van der Waals surface area contributed by atoms with Gasteiger partial charge in [-0.2, -0.15) is 10.2 Å². The van der Waals surface area contributed by atoms with Crippen LogP contribution in [-0.2, 0) is 11.8 Å². The Bertz CT molecular complexity index is 516. The van der Waals surface area contributed by atoms with Gasteiger partial charge in [0.05, 0.1) is 17.7 Å². The molecule has 1 aromatic rings. The normalized spacial score (nSPS) is 14.8. The first kappa shape index (κ1) is 12.0. The first-order valence-corrected chi connectivity index (χ1v) is 6.31. The highest BCUT2D eigenvalue weighted by atomic mass is 32.2. The third-order valence-corrected chi connectivity index (χ3v) is 3.70. The average molecular weight is 250 g/mol. The van der Waals surface area contributed by atoms with Gasteiger partial charge in [-0.05, 0) is 13.8 Å². The van der Waals surface area contributed by atoms with Gasteiger partial charge in [0.25, 0.3) is 0 Å². The minimum Gasteiger partial charge on any atom is -0.299 e. The topological polar surface area (TPSA) is 59.6 Å². The number of carbonyl (C=O) groups excluding carboxylic acids is 1. The molecule has 0 saturated heterocycles. The van der Waals surface area contributed by atoms with Crippen molar-refractivity contribution in [1.82, 2.24) is 9.78 Å². The molecule has 0 unspecified atom stereocenters. The monoisotopic (exact) mass is 250 g/mol. The van der Waals surface area contributed by atoms with Crippen LogP contribution in [0.2, 0.25) is 0 Å². The summed E-state index contributed by atoms with van der Waals surface area (Å²) in [5.41, 5.74) is 3.05. The van der Waals surface area contributed by atoms with Gasteiger partial charge in [-0.3, -0.25) is 9.48 Å². The summed E-state index contributed by atoms with van der Waals surface area (Å²) in [6.07, 6.45) is 2.51. The van der Waals surface area contributed by atoms with E-state index in [-0.39, 0.29) is 5.78 Å². The van der Waals surface area contributed by atoms with E-state index >= 15 is 0 Å². The molecule has 0 bridgehead atoms. The van der Waals surface area contributed by atoms with Gasteiger partial charge in [0.1, 0.15) is 10.8 Å². The summed E-state index contributed by atoms with van der Waals surface area (Å²) in [6.45, 7) is 3.58. The number of Topliss-reactive ketones (excluding diaryl/α,β-unsaturated/α-hetero) is 1. The van der Waals surface area contributed by atoms with Crippen LogP contribution in [0.1, 0.15) is 24.6 Å². The summed E-state index contributed by atoms with van der Waals surface area (Å²) in [5, 5.41) is 13.3. The molecule has 0 radical (unpaired) electrons. The molecule has 5 nitrogen and oxygen atoms in total. The summed E-state index contributed by atoms with van der Waals surface area (Å²) in [4.78, 5) is 10.9. The van der Waals surface area contributed by atoms with Gasteiger partial charge in [-0.1, -0.05) is 0 Å². The van der Waals surface area contributed by atoms with Crippen LogP contribution in [0.4, 0.5) is 0 Å². The fraction of sp³-hybridized carbons (Fsp3) is 0.455. The Hall–Kier alpha value is -1.43. The fourth-order valence-electron chi connectivity index (χ4n) is 1.53. The molecule has 2 heterocycles. The average Bonchev–Trinajstić information content (AvgIpc) is 2.85. The molecule has 6 heteroatoms. The van der Waals surface area contributed by atoms with Crippen molar-refractivity contribution >= 4 is 28.3 Å². The molecule has 1 aliphatic heterocycles. The van der Waals surface area contributed by atoms with Crippen LogP contribution in [0.5, 0.6) is 0 Å². The highest BCUT2D eigenvalue weighted by Gasteiger charge is 2.18. The lowest BCUT2D eigenvalue weighted by Gasteiger charge is -2.00.